The van der Waals surface area contributed by atoms with Gasteiger partial charge < -0.3 is 30.0 Å². The van der Waals surface area contributed by atoms with Crippen molar-refractivity contribution in [3.05, 3.63) is 0 Å². The molecule has 29 heavy (non-hydrogen) atoms. The second kappa shape index (κ2) is 8.56. The Bertz CT molecular complexity index is 674. The van der Waals surface area contributed by atoms with Gasteiger partial charge in [0.2, 0.25) is 5.91 Å². The van der Waals surface area contributed by atoms with Crippen LogP contribution >= 0.6 is 0 Å². The lowest BCUT2D eigenvalue weighted by Crippen LogP contribution is -2.59. The Labute approximate surface area is 169 Å². The maximum atomic E-state index is 12.7. The summed E-state index contributed by atoms with van der Waals surface area (Å²) < 4.78 is 15.2. The smallest absolute Gasteiger partial charge is 0.408 e. The predicted molar refractivity (Wildman–Crippen MR) is 99.5 cm³/mol. The number of alkyl carbamates (subject to hydrolysis) is 1. The van der Waals surface area contributed by atoms with Gasteiger partial charge in [-0.1, -0.05) is 0 Å². The van der Waals surface area contributed by atoms with Crippen LogP contribution in [0.2, 0.25) is 0 Å². The average Bonchev–Trinajstić information content (AvgIpc) is 3.28. The molecule has 10 heteroatoms. The molecule has 2 rings (SSSR count). The Morgan fingerprint density at radius 2 is 1.72 bits per heavy atom. The van der Waals surface area contributed by atoms with Gasteiger partial charge in [0, 0.05) is 18.3 Å². The van der Waals surface area contributed by atoms with Gasteiger partial charge in [-0.3, -0.25) is 9.59 Å². The molecule has 0 aromatic heterocycles. The highest BCUT2D eigenvalue weighted by Gasteiger charge is 2.76. The Balaban J connectivity index is 2.11. The topological polar surface area (TPSA) is 140 Å². The minimum absolute atomic E-state index is 0.0736. The van der Waals surface area contributed by atoms with E-state index in [4.69, 9.17) is 14.2 Å². The molecule has 2 saturated carbocycles. The van der Waals surface area contributed by atoms with Gasteiger partial charge in [0.15, 0.2) is 0 Å². The van der Waals surface area contributed by atoms with Crippen LogP contribution in [0.1, 0.15) is 41.0 Å². The molecule has 2 amide bonds. The van der Waals surface area contributed by atoms with E-state index in [9.17, 15) is 24.3 Å². The summed E-state index contributed by atoms with van der Waals surface area (Å²) in [5.41, 5.74) is -2.28. The third-order valence-electron chi connectivity index (χ3n) is 4.97. The zero-order chi connectivity index (χ0) is 22.0. The third kappa shape index (κ3) is 4.98. The van der Waals surface area contributed by atoms with Crippen LogP contribution in [0, 0.1) is 17.8 Å². The fourth-order valence-electron chi connectivity index (χ4n) is 4.02. The number of hydrogen-bond donors (Lipinski definition) is 3. The van der Waals surface area contributed by atoms with E-state index in [0.29, 0.717) is 0 Å². The van der Waals surface area contributed by atoms with E-state index in [-0.39, 0.29) is 19.6 Å². The number of fused-ring (bicyclic) bond motifs is 1. The van der Waals surface area contributed by atoms with Gasteiger partial charge in [0.1, 0.15) is 17.7 Å². The molecule has 3 N–H and O–H groups in total. The van der Waals surface area contributed by atoms with Crippen LogP contribution in [0.25, 0.3) is 0 Å². The minimum Gasteiger partial charge on any atom is -0.466 e. The molecule has 10 nitrogen and oxygen atoms in total. The lowest BCUT2D eigenvalue weighted by Gasteiger charge is -2.31. The fourth-order valence-corrected chi connectivity index (χ4v) is 4.02. The van der Waals surface area contributed by atoms with Crippen molar-refractivity contribution in [2.75, 3.05) is 19.8 Å². The van der Waals surface area contributed by atoms with E-state index >= 15 is 0 Å². The normalized spacial score (nSPS) is 30.0. The molecule has 0 spiro atoms. The summed E-state index contributed by atoms with van der Waals surface area (Å²) in [5, 5.41) is 15.3. The molecule has 0 aliphatic heterocycles. The number of nitrogens with one attached hydrogen (secondary N) is 2. The van der Waals surface area contributed by atoms with Gasteiger partial charge in [-0.05, 0) is 34.6 Å². The van der Waals surface area contributed by atoms with Gasteiger partial charge in [0.25, 0.3) is 0 Å². The second-order valence-corrected chi connectivity index (χ2v) is 8.25. The molecule has 164 valence electrons. The quantitative estimate of drug-likeness (QED) is 0.394. The third-order valence-corrected chi connectivity index (χ3v) is 4.97. The average molecular weight is 414 g/mol. The predicted octanol–water partition coefficient (Wildman–Crippen LogP) is 0.119. The van der Waals surface area contributed by atoms with Crippen molar-refractivity contribution < 1.29 is 38.5 Å². The molecule has 2 aliphatic rings. The number of aliphatic hydroxyl groups is 1. The van der Waals surface area contributed by atoms with Gasteiger partial charge >= 0.3 is 18.0 Å². The lowest BCUT2D eigenvalue weighted by atomic mass is 9.89. The van der Waals surface area contributed by atoms with E-state index in [0.717, 1.165) is 0 Å². The Morgan fingerprint density at radius 1 is 1.10 bits per heavy atom. The van der Waals surface area contributed by atoms with Crippen molar-refractivity contribution in [3.8, 4) is 0 Å². The number of rotatable bonds is 7. The van der Waals surface area contributed by atoms with E-state index in [2.05, 4.69) is 10.6 Å². The fraction of sp³-hybridized carbons (Fsp3) is 0.789. The van der Waals surface area contributed by atoms with E-state index < -0.39 is 65.5 Å². The van der Waals surface area contributed by atoms with Gasteiger partial charge in [-0.25, -0.2) is 9.59 Å². The zero-order valence-corrected chi connectivity index (χ0v) is 17.4. The SMILES string of the molecule is CCOC(=O)C1C2C(O)CC(NC(=O)CNC(=O)OC(C)(C)C)(C(=O)OCC)C12. The van der Waals surface area contributed by atoms with Crippen molar-refractivity contribution in [1.29, 1.82) is 0 Å². The van der Waals surface area contributed by atoms with Crippen molar-refractivity contribution in [2.24, 2.45) is 17.8 Å². The number of amides is 2. The molecular formula is C19H30N2O8. The molecule has 2 aliphatic carbocycles. The zero-order valence-electron chi connectivity index (χ0n) is 17.4. The Kier molecular flexibility index (Phi) is 6.77. The lowest BCUT2D eigenvalue weighted by molar-refractivity contribution is -0.156. The first-order valence-corrected chi connectivity index (χ1v) is 9.76. The molecule has 5 atom stereocenters. The summed E-state index contributed by atoms with van der Waals surface area (Å²) in [7, 11) is 0. The number of esters is 2. The van der Waals surface area contributed by atoms with Crippen LogP contribution < -0.4 is 10.6 Å². The molecule has 0 heterocycles. The molecule has 2 fully saturated rings. The van der Waals surface area contributed by atoms with Crippen LogP contribution in [0.3, 0.4) is 0 Å². The molecule has 5 unspecified atom stereocenters. The van der Waals surface area contributed by atoms with Crippen molar-refractivity contribution in [2.45, 2.75) is 58.3 Å². The largest absolute Gasteiger partial charge is 0.466 e. The molecule has 0 bridgehead atoms. The summed E-state index contributed by atoms with van der Waals surface area (Å²) in [5.74, 6) is -3.70. The highest BCUT2D eigenvalue weighted by molar-refractivity contribution is 5.93. The molecular weight excluding hydrogens is 384 g/mol. The van der Waals surface area contributed by atoms with Gasteiger partial charge in [0.05, 0.1) is 25.2 Å². The van der Waals surface area contributed by atoms with Crippen molar-refractivity contribution in [1.82, 2.24) is 10.6 Å². The van der Waals surface area contributed by atoms with Crippen molar-refractivity contribution >= 4 is 23.9 Å². The van der Waals surface area contributed by atoms with Crippen LogP contribution in [0.15, 0.2) is 0 Å². The van der Waals surface area contributed by atoms with E-state index in [1.165, 1.54) is 0 Å². The number of aliphatic hydroxyl groups excluding tert-OH is 1. The summed E-state index contributed by atoms with van der Waals surface area (Å²) in [4.78, 5) is 49.1. The maximum Gasteiger partial charge on any atom is 0.408 e. The van der Waals surface area contributed by atoms with Crippen LogP contribution in [-0.4, -0.2) is 66.0 Å². The number of carbonyl (C=O) groups is 4. The minimum atomic E-state index is -1.55. The molecule has 0 radical (unpaired) electrons. The highest BCUT2D eigenvalue weighted by atomic mass is 16.6. The Morgan fingerprint density at radius 3 is 2.28 bits per heavy atom. The first-order chi connectivity index (χ1) is 13.5. The maximum absolute atomic E-state index is 12.7. The van der Waals surface area contributed by atoms with Gasteiger partial charge in [-0.15, -0.1) is 0 Å². The summed E-state index contributed by atoms with van der Waals surface area (Å²) >= 11 is 0. The Hall–Kier alpha value is -2.36. The number of carbonyl (C=O) groups excluding carboxylic acids is 4. The van der Waals surface area contributed by atoms with Crippen molar-refractivity contribution in [3.63, 3.8) is 0 Å². The van der Waals surface area contributed by atoms with E-state index in [1.807, 2.05) is 0 Å². The number of hydrogen-bond acceptors (Lipinski definition) is 8. The van der Waals surface area contributed by atoms with E-state index in [1.54, 1.807) is 34.6 Å². The van der Waals surface area contributed by atoms with Crippen LogP contribution in [0.5, 0.6) is 0 Å². The number of ether oxygens (including phenoxy) is 3. The first kappa shape index (κ1) is 22.9. The standard InChI is InChI=1S/C19H30N2O8/c1-6-27-15(24)13-12-10(22)8-19(14(12)13,16(25)28-7-2)21-11(23)9-20-17(26)29-18(3,4)5/h10,12-14,22H,6-9H2,1-5H3,(H,20,26)(H,21,23). The van der Waals surface area contributed by atoms with Crippen LogP contribution in [-0.2, 0) is 28.6 Å². The van der Waals surface area contributed by atoms with Gasteiger partial charge in [-0.2, -0.15) is 0 Å². The monoisotopic (exact) mass is 414 g/mol. The molecule has 0 aromatic rings. The first-order valence-electron chi connectivity index (χ1n) is 9.76. The van der Waals surface area contributed by atoms with Crippen LogP contribution in [0.4, 0.5) is 4.79 Å². The summed E-state index contributed by atoms with van der Waals surface area (Å²) in [6, 6.07) is 0. The summed E-state index contributed by atoms with van der Waals surface area (Å²) in [6.45, 7) is 8.15. The molecule has 0 saturated heterocycles. The molecule has 0 aromatic carbocycles. The second-order valence-electron chi connectivity index (χ2n) is 8.25. The summed E-state index contributed by atoms with van der Waals surface area (Å²) in [6.07, 6.45) is -1.81. The highest BCUT2D eigenvalue weighted by Crippen LogP contribution is 2.63.